The molecule has 0 bridgehead atoms. The van der Waals surface area contributed by atoms with Gasteiger partial charge < -0.3 is 4.57 Å². The van der Waals surface area contributed by atoms with E-state index in [0.29, 0.717) is 0 Å². The van der Waals surface area contributed by atoms with Crippen LogP contribution in [0.5, 0.6) is 0 Å². The third-order valence-electron chi connectivity index (χ3n) is 9.21. The third-order valence-corrected chi connectivity index (χ3v) is 11.6. The van der Waals surface area contributed by atoms with Gasteiger partial charge in [-0.2, -0.15) is 0 Å². The molecule has 3 heterocycles. The van der Waals surface area contributed by atoms with E-state index in [9.17, 15) is 0 Å². The van der Waals surface area contributed by atoms with Crippen molar-refractivity contribution in [2.45, 2.75) is 0 Å². The Kier molecular flexibility index (Phi) is 5.39. The number of benzene rings is 7. The van der Waals surface area contributed by atoms with Crippen molar-refractivity contribution < 1.29 is 0 Å². The largest absolute Gasteiger partial charge is 0.308 e. The van der Waals surface area contributed by atoms with Crippen LogP contribution in [0.4, 0.5) is 0 Å². The van der Waals surface area contributed by atoms with Gasteiger partial charge in [-0.3, -0.25) is 0 Å². The Morgan fingerprint density at radius 1 is 0.422 bits per heavy atom. The van der Waals surface area contributed by atoms with E-state index in [1.54, 1.807) is 0 Å². The second-order valence-electron chi connectivity index (χ2n) is 11.7. The average molecular weight is 608 g/mol. The van der Waals surface area contributed by atoms with Crippen LogP contribution in [0.1, 0.15) is 0 Å². The summed E-state index contributed by atoms with van der Waals surface area (Å²) in [6.45, 7) is 0. The van der Waals surface area contributed by atoms with E-state index in [1.807, 2.05) is 22.7 Å². The number of para-hydroxylation sites is 2. The molecule has 0 radical (unpaired) electrons. The molecule has 0 saturated heterocycles. The zero-order chi connectivity index (χ0) is 29.5. The van der Waals surface area contributed by atoms with Gasteiger partial charge in [0.25, 0.3) is 0 Å². The van der Waals surface area contributed by atoms with E-state index in [-0.39, 0.29) is 0 Å². The number of fused-ring (bicyclic) bond motifs is 10. The minimum absolute atomic E-state index is 1.20. The molecule has 7 aromatic carbocycles. The van der Waals surface area contributed by atoms with Crippen LogP contribution in [-0.2, 0) is 0 Å². The fraction of sp³-hybridized carbons (Fsp3) is 0. The zero-order valence-corrected chi connectivity index (χ0v) is 25.8. The molecule has 10 rings (SSSR count). The highest BCUT2D eigenvalue weighted by Gasteiger charge is 2.18. The van der Waals surface area contributed by atoms with Crippen LogP contribution in [0.2, 0.25) is 0 Å². The number of rotatable bonds is 3. The highest BCUT2D eigenvalue weighted by molar-refractivity contribution is 7.27. The van der Waals surface area contributed by atoms with Crippen molar-refractivity contribution in [3.63, 3.8) is 0 Å². The molecular formula is C42H25NS2. The molecule has 0 saturated carbocycles. The molecule has 10 aromatic rings. The maximum Gasteiger partial charge on any atom is 0.0727 e. The smallest absolute Gasteiger partial charge is 0.0727 e. The molecule has 0 amide bonds. The van der Waals surface area contributed by atoms with E-state index in [2.05, 4.69) is 156 Å². The van der Waals surface area contributed by atoms with Crippen molar-refractivity contribution >= 4 is 84.8 Å². The molecule has 0 atom stereocenters. The molecule has 0 aliphatic rings. The highest BCUT2D eigenvalue weighted by atomic mass is 32.1. The predicted molar refractivity (Wildman–Crippen MR) is 197 cm³/mol. The Bertz CT molecular complexity index is 2740. The molecule has 45 heavy (non-hydrogen) atoms. The monoisotopic (exact) mass is 607 g/mol. The Balaban J connectivity index is 1.12. The fourth-order valence-electron chi connectivity index (χ4n) is 7.13. The van der Waals surface area contributed by atoms with Gasteiger partial charge in [0.2, 0.25) is 0 Å². The Hall–Kier alpha value is -5.22. The summed E-state index contributed by atoms with van der Waals surface area (Å²) in [7, 11) is 0. The molecule has 0 spiro atoms. The van der Waals surface area contributed by atoms with Gasteiger partial charge in [-0.25, -0.2) is 0 Å². The molecule has 3 aromatic heterocycles. The van der Waals surface area contributed by atoms with Gasteiger partial charge in [0, 0.05) is 41.3 Å². The quantitative estimate of drug-likeness (QED) is 0.188. The molecule has 1 nitrogen and oxygen atoms in total. The van der Waals surface area contributed by atoms with Crippen molar-refractivity contribution in [1.82, 2.24) is 4.57 Å². The number of nitrogens with zero attached hydrogens (tertiary/aromatic N) is 1. The Labute approximate surface area is 267 Å². The second kappa shape index (κ2) is 9.64. The van der Waals surface area contributed by atoms with Crippen LogP contribution in [-0.4, -0.2) is 4.57 Å². The SMILES string of the molecule is c1ccc(-n2c3ccccc3c3sc4ccc(-c5ccc(-c6cccc7sc8c9ccccc9ccc8c67)cc5)cc4c32)cc1. The lowest BCUT2D eigenvalue weighted by Gasteiger charge is -2.09. The van der Waals surface area contributed by atoms with E-state index >= 15 is 0 Å². The summed E-state index contributed by atoms with van der Waals surface area (Å²) in [5, 5.41) is 7.94. The van der Waals surface area contributed by atoms with E-state index < -0.39 is 0 Å². The first-order valence-electron chi connectivity index (χ1n) is 15.3. The van der Waals surface area contributed by atoms with Crippen LogP contribution in [0.25, 0.3) is 90.1 Å². The fourth-order valence-corrected chi connectivity index (χ4v) is 9.60. The van der Waals surface area contributed by atoms with Crippen molar-refractivity contribution in [2.24, 2.45) is 0 Å². The van der Waals surface area contributed by atoms with E-state index in [1.165, 1.54) is 90.1 Å². The first kappa shape index (κ1) is 25.1. The highest BCUT2D eigenvalue weighted by Crippen LogP contribution is 2.45. The number of thiophene rings is 2. The Morgan fingerprint density at radius 3 is 2.04 bits per heavy atom. The summed E-state index contributed by atoms with van der Waals surface area (Å²) in [4.78, 5) is 0. The van der Waals surface area contributed by atoms with Crippen LogP contribution in [0.15, 0.2) is 152 Å². The molecular weight excluding hydrogens is 583 g/mol. The van der Waals surface area contributed by atoms with Gasteiger partial charge in [0.15, 0.2) is 0 Å². The summed E-state index contributed by atoms with van der Waals surface area (Å²) in [5.41, 5.74) is 8.76. The lowest BCUT2D eigenvalue weighted by molar-refractivity contribution is 1.19. The molecule has 3 heteroatoms. The maximum absolute atomic E-state index is 2.44. The van der Waals surface area contributed by atoms with Crippen molar-refractivity contribution in [1.29, 1.82) is 0 Å². The Morgan fingerprint density at radius 2 is 1.16 bits per heavy atom. The maximum atomic E-state index is 2.44. The standard InChI is InChI=1S/C42H25NS2/c1-2-10-30(11-3-1)43-36-15-7-6-13-33(36)42-40(43)35-25-29(22-24-37(35)44-42)26-17-19-28(20-18-26)31-14-8-16-38-39(31)34-23-21-27-9-4-5-12-32(27)41(34)45-38/h1-25H. The summed E-state index contributed by atoms with van der Waals surface area (Å²) in [5.74, 6) is 0. The van der Waals surface area contributed by atoms with Crippen molar-refractivity contribution in [3.05, 3.63) is 152 Å². The lowest BCUT2D eigenvalue weighted by atomic mass is 9.96. The molecule has 0 aliphatic heterocycles. The van der Waals surface area contributed by atoms with Crippen molar-refractivity contribution in [3.8, 4) is 27.9 Å². The van der Waals surface area contributed by atoms with Crippen LogP contribution < -0.4 is 0 Å². The zero-order valence-electron chi connectivity index (χ0n) is 24.2. The number of hydrogen-bond donors (Lipinski definition) is 0. The van der Waals surface area contributed by atoms with Crippen LogP contribution in [0.3, 0.4) is 0 Å². The summed E-state index contributed by atoms with van der Waals surface area (Å²) >= 11 is 3.80. The van der Waals surface area contributed by atoms with Gasteiger partial charge in [-0.1, -0.05) is 115 Å². The third kappa shape index (κ3) is 3.72. The lowest BCUT2D eigenvalue weighted by Crippen LogP contribution is -1.92. The molecule has 0 unspecified atom stereocenters. The first-order valence-corrected chi connectivity index (χ1v) is 16.9. The van der Waals surface area contributed by atoms with Gasteiger partial charge in [-0.15, -0.1) is 22.7 Å². The molecule has 0 N–H and O–H groups in total. The number of aromatic nitrogens is 1. The minimum Gasteiger partial charge on any atom is -0.308 e. The topological polar surface area (TPSA) is 4.93 Å². The van der Waals surface area contributed by atoms with Gasteiger partial charge in [0.1, 0.15) is 0 Å². The second-order valence-corrected chi connectivity index (χ2v) is 13.8. The molecule has 210 valence electrons. The normalized spacial score (nSPS) is 12.0. The average Bonchev–Trinajstić information content (AvgIpc) is 3.77. The summed E-state index contributed by atoms with van der Waals surface area (Å²) in [6, 6.07) is 55.7. The summed E-state index contributed by atoms with van der Waals surface area (Å²) in [6.07, 6.45) is 0. The predicted octanol–water partition coefficient (Wildman–Crippen LogP) is 12.9. The molecule has 0 fully saturated rings. The summed E-state index contributed by atoms with van der Waals surface area (Å²) < 4.78 is 7.81. The van der Waals surface area contributed by atoms with Gasteiger partial charge >= 0.3 is 0 Å². The van der Waals surface area contributed by atoms with Gasteiger partial charge in [-0.05, 0) is 69.4 Å². The van der Waals surface area contributed by atoms with Gasteiger partial charge in [0.05, 0.1) is 15.7 Å². The molecule has 0 aliphatic carbocycles. The van der Waals surface area contributed by atoms with Crippen molar-refractivity contribution in [2.75, 3.05) is 0 Å². The minimum atomic E-state index is 1.20. The number of hydrogen-bond acceptors (Lipinski definition) is 2. The van der Waals surface area contributed by atoms with E-state index in [0.717, 1.165) is 0 Å². The van der Waals surface area contributed by atoms with E-state index in [4.69, 9.17) is 0 Å². The van der Waals surface area contributed by atoms with Crippen LogP contribution in [0, 0.1) is 0 Å². The van der Waals surface area contributed by atoms with Crippen LogP contribution >= 0.6 is 22.7 Å². The first-order chi connectivity index (χ1) is 22.3.